The van der Waals surface area contributed by atoms with Crippen LogP contribution in [0.1, 0.15) is 5.69 Å². The Kier molecular flexibility index (Phi) is 3.89. The molecule has 0 unspecified atom stereocenters. The van der Waals surface area contributed by atoms with Gasteiger partial charge in [0.25, 0.3) is 0 Å². The van der Waals surface area contributed by atoms with E-state index >= 15 is 0 Å². The van der Waals surface area contributed by atoms with Gasteiger partial charge in [0.1, 0.15) is 11.5 Å². The smallest absolute Gasteiger partial charge is 0.193 e. The first-order chi connectivity index (χ1) is 12.6. The number of rotatable bonds is 3. The van der Waals surface area contributed by atoms with Gasteiger partial charge in [0.2, 0.25) is 0 Å². The Labute approximate surface area is 149 Å². The maximum absolute atomic E-state index is 12.6. The highest BCUT2D eigenvalue weighted by atomic mass is 16.3. The Morgan fingerprint density at radius 1 is 0.923 bits per heavy atom. The number of nitrogens with zero attached hydrogens (tertiary/aromatic N) is 2. The number of pyridine rings is 2. The second-order valence-electron chi connectivity index (χ2n) is 6.03. The van der Waals surface area contributed by atoms with Crippen molar-refractivity contribution in [3.63, 3.8) is 0 Å². The highest BCUT2D eigenvalue weighted by Gasteiger charge is 2.15. The lowest BCUT2D eigenvalue weighted by molar-refractivity contribution is 0.454. The van der Waals surface area contributed by atoms with E-state index in [4.69, 9.17) is 0 Å². The van der Waals surface area contributed by atoms with Crippen molar-refractivity contribution >= 4 is 10.9 Å². The SMILES string of the molecule is O=c1cc(-c2ccccc2)n(Cc2ccccn2)c2cc(O)cc(O)c12. The molecule has 0 radical (unpaired) electrons. The van der Waals surface area contributed by atoms with Crippen LogP contribution in [0.5, 0.6) is 11.5 Å². The number of hydrogen-bond donors (Lipinski definition) is 2. The molecule has 5 heteroatoms. The quantitative estimate of drug-likeness (QED) is 0.596. The summed E-state index contributed by atoms with van der Waals surface area (Å²) in [6.45, 7) is 0.394. The lowest BCUT2D eigenvalue weighted by atomic mass is 10.1. The van der Waals surface area contributed by atoms with Gasteiger partial charge in [-0.05, 0) is 17.7 Å². The lowest BCUT2D eigenvalue weighted by Gasteiger charge is -2.17. The number of fused-ring (bicyclic) bond motifs is 1. The summed E-state index contributed by atoms with van der Waals surface area (Å²) in [5.41, 5.74) is 2.52. The molecule has 0 aliphatic heterocycles. The van der Waals surface area contributed by atoms with E-state index < -0.39 is 0 Å². The fourth-order valence-electron chi connectivity index (χ4n) is 3.14. The molecule has 0 atom stereocenters. The fourth-order valence-corrected chi connectivity index (χ4v) is 3.14. The van der Waals surface area contributed by atoms with Crippen molar-refractivity contribution in [2.24, 2.45) is 0 Å². The first kappa shape index (κ1) is 15.9. The first-order valence-corrected chi connectivity index (χ1v) is 8.18. The maximum atomic E-state index is 12.6. The predicted octanol–water partition coefficient (Wildman–Crippen LogP) is 3.52. The second kappa shape index (κ2) is 6.37. The topological polar surface area (TPSA) is 75.4 Å². The van der Waals surface area contributed by atoms with E-state index in [0.717, 1.165) is 11.3 Å². The molecule has 0 fully saturated rings. The van der Waals surface area contributed by atoms with Crippen LogP contribution in [-0.2, 0) is 6.54 Å². The maximum Gasteiger partial charge on any atom is 0.193 e. The van der Waals surface area contributed by atoms with Crippen LogP contribution in [0.4, 0.5) is 0 Å². The van der Waals surface area contributed by atoms with Crippen molar-refractivity contribution in [3.05, 3.63) is 88.8 Å². The van der Waals surface area contributed by atoms with E-state index in [9.17, 15) is 15.0 Å². The molecule has 0 saturated carbocycles. The van der Waals surface area contributed by atoms with E-state index in [-0.39, 0.29) is 22.3 Å². The predicted molar refractivity (Wildman–Crippen MR) is 100 cm³/mol. The van der Waals surface area contributed by atoms with Crippen molar-refractivity contribution in [2.75, 3.05) is 0 Å². The molecule has 0 saturated heterocycles. The van der Waals surface area contributed by atoms with Gasteiger partial charge in [-0.3, -0.25) is 9.78 Å². The van der Waals surface area contributed by atoms with Gasteiger partial charge in [-0.15, -0.1) is 0 Å². The summed E-state index contributed by atoms with van der Waals surface area (Å²) < 4.78 is 1.88. The fraction of sp³-hybridized carbons (Fsp3) is 0.0476. The molecule has 4 aromatic rings. The molecule has 0 aliphatic rings. The van der Waals surface area contributed by atoms with Crippen LogP contribution in [-0.4, -0.2) is 19.8 Å². The van der Waals surface area contributed by atoms with Crippen molar-refractivity contribution in [1.82, 2.24) is 9.55 Å². The third-order valence-electron chi connectivity index (χ3n) is 4.29. The molecular formula is C21H16N2O3. The normalized spacial score (nSPS) is 10.9. The standard InChI is InChI=1S/C21H16N2O3/c24-16-10-18-21(19(25)11-16)20(26)12-17(14-6-2-1-3-7-14)23(18)13-15-8-4-5-9-22-15/h1-12,24-25H,13H2. The minimum atomic E-state index is -0.298. The van der Waals surface area contributed by atoms with Crippen LogP contribution in [0.15, 0.2) is 77.7 Å². The summed E-state index contributed by atoms with van der Waals surface area (Å²) in [6.07, 6.45) is 1.71. The largest absolute Gasteiger partial charge is 0.508 e. The molecule has 5 nitrogen and oxygen atoms in total. The zero-order valence-electron chi connectivity index (χ0n) is 13.8. The van der Waals surface area contributed by atoms with Crippen molar-refractivity contribution < 1.29 is 10.2 Å². The van der Waals surface area contributed by atoms with E-state index in [0.29, 0.717) is 17.8 Å². The molecule has 0 amide bonds. The van der Waals surface area contributed by atoms with Gasteiger partial charge in [0, 0.05) is 24.4 Å². The van der Waals surface area contributed by atoms with Crippen LogP contribution in [0.2, 0.25) is 0 Å². The van der Waals surface area contributed by atoms with Crippen LogP contribution in [0.25, 0.3) is 22.2 Å². The van der Waals surface area contributed by atoms with Gasteiger partial charge < -0.3 is 14.8 Å². The third-order valence-corrected chi connectivity index (χ3v) is 4.29. The molecule has 128 valence electrons. The summed E-state index contributed by atoms with van der Waals surface area (Å²) in [4.78, 5) is 17.0. The molecule has 26 heavy (non-hydrogen) atoms. The zero-order chi connectivity index (χ0) is 18.1. The average Bonchev–Trinajstić information content (AvgIpc) is 2.65. The molecule has 0 bridgehead atoms. The lowest BCUT2D eigenvalue weighted by Crippen LogP contribution is -2.13. The van der Waals surface area contributed by atoms with Crippen molar-refractivity contribution in [3.8, 4) is 22.8 Å². The monoisotopic (exact) mass is 344 g/mol. The van der Waals surface area contributed by atoms with Gasteiger partial charge in [-0.1, -0.05) is 36.4 Å². The van der Waals surface area contributed by atoms with E-state index in [1.807, 2.05) is 53.1 Å². The second-order valence-corrected chi connectivity index (χ2v) is 6.03. The Morgan fingerprint density at radius 2 is 1.69 bits per heavy atom. The van der Waals surface area contributed by atoms with Gasteiger partial charge in [-0.2, -0.15) is 0 Å². The summed E-state index contributed by atoms with van der Waals surface area (Å²) in [5, 5.41) is 20.3. The van der Waals surface area contributed by atoms with Crippen LogP contribution in [0.3, 0.4) is 0 Å². The molecule has 2 aromatic heterocycles. The number of benzene rings is 2. The highest BCUT2D eigenvalue weighted by Crippen LogP contribution is 2.31. The van der Waals surface area contributed by atoms with Gasteiger partial charge in [0.05, 0.1) is 28.8 Å². The van der Waals surface area contributed by atoms with Crippen molar-refractivity contribution in [2.45, 2.75) is 6.54 Å². The summed E-state index contributed by atoms with van der Waals surface area (Å²) in [5.74, 6) is -0.339. The van der Waals surface area contributed by atoms with Crippen LogP contribution in [0, 0.1) is 0 Å². The summed E-state index contributed by atoms with van der Waals surface area (Å²) in [6, 6.07) is 19.3. The Hall–Kier alpha value is -3.60. The zero-order valence-corrected chi connectivity index (χ0v) is 13.8. The number of aromatic nitrogens is 2. The molecule has 4 rings (SSSR count). The van der Waals surface area contributed by atoms with E-state index in [2.05, 4.69) is 4.98 Å². The highest BCUT2D eigenvalue weighted by molar-refractivity contribution is 5.89. The Morgan fingerprint density at radius 3 is 2.42 bits per heavy atom. The third kappa shape index (κ3) is 2.80. The number of phenols is 2. The minimum Gasteiger partial charge on any atom is -0.508 e. The minimum absolute atomic E-state index is 0.102. The van der Waals surface area contributed by atoms with Gasteiger partial charge in [0.15, 0.2) is 5.43 Å². The summed E-state index contributed by atoms with van der Waals surface area (Å²) in [7, 11) is 0. The van der Waals surface area contributed by atoms with Gasteiger partial charge >= 0.3 is 0 Å². The Balaban J connectivity index is 2.07. The molecule has 2 heterocycles. The number of phenolic OH excluding ortho intramolecular Hbond substituents is 2. The van der Waals surface area contributed by atoms with E-state index in [1.165, 1.54) is 18.2 Å². The first-order valence-electron chi connectivity index (χ1n) is 8.18. The van der Waals surface area contributed by atoms with Crippen LogP contribution >= 0.6 is 0 Å². The Bertz CT molecular complexity index is 1140. The molecule has 2 aromatic carbocycles. The molecular weight excluding hydrogens is 328 g/mol. The van der Waals surface area contributed by atoms with Crippen molar-refractivity contribution in [1.29, 1.82) is 0 Å². The molecule has 0 spiro atoms. The number of hydrogen-bond acceptors (Lipinski definition) is 4. The molecule has 2 N–H and O–H groups in total. The summed E-state index contributed by atoms with van der Waals surface area (Å²) >= 11 is 0. The van der Waals surface area contributed by atoms with Crippen LogP contribution < -0.4 is 5.43 Å². The van der Waals surface area contributed by atoms with Gasteiger partial charge in [-0.25, -0.2) is 0 Å². The molecule has 0 aliphatic carbocycles. The van der Waals surface area contributed by atoms with E-state index in [1.54, 1.807) is 6.20 Å². The average molecular weight is 344 g/mol. The number of aromatic hydroxyl groups is 2.